The van der Waals surface area contributed by atoms with Gasteiger partial charge in [-0.05, 0) is 83.0 Å². The van der Waals surface area contributed by atoms with Gasteiger partial charge in [0.2, 0.25) is 5.89 Å². The van der Waals surface area contributed by atoms with Crippen molar-refractivity contribution in [1.82, 2.24) is 4.98 Å². The standard InChI is InChI=1S/C21H14BrClN2O2/c1-12-8-14(20(26)17(22)9-12)11-24-16-5-2-13(3-6-16)21-25-18-10-15(23)4-7-19(18)27-21/h2-11,26H,1H3. The van der Waals surface area contributed by atoms with Crippen LogP contribution in [0.1, 0.15) is 11.1 Å². The van der Waals surface area contributed by atoms with E-state index in [0.717, 1.165) is 22.3 Å². The first-order chi connectivity index (χ1) is 13.0. The number of aromatic nitrogens is 1. The molecule has 0 unspecified atom stereocenters. The van der Waals surface area contributed by atoms with Gasteiger partial charge in [-0.25, -0.2) is 4.98 Å². The zero-order valence-electron chi connectivity index (χ0n) is 14.3. The Labute approximate surface area is 169 Å². The third-order valence-electron chi connectivity index (χ3n) is 4.05. The lowest BCUT2D eigenvalue weighted by Gasteiger charge is -2.03. The summed E-state index contributed by atoms with van der Waals surface area (Å²) in [4.78, 5) is 8.90. The van der Waals surface area contributed by atoms with Crippen molar-refractivity contribution < 1.29 is 9.52 Å². The van der Waals surface area contributed by atoms with Crippen LogP contribution in [-0.2, 0) is 0 Å². The van der Waals surface area contributed by atoms with E-state index in [0.29, 0.717) is 26.5 Å². The Hall–Kier alpha value is -2.63. The van der Waals surface area contributed by atoms with Crippen LogP contribution in [0.4, 0.5) is 5.69 Å². The van der Waals surface area contributed by atoms with Crippen molar-refractivity contribution in [2.45, 2.75) is 6.92 Å². The average molecular weight is 442 g/mol. The first-order valence-electron chi connectivity index (χ1n) is 8.19. The van der Waals surface area contributed by atoms with Gasteiger partial charge in [-0.3, -0.25) is 4.99 Å². The van der Waals surface area contributed by atoms with E-state index in [4.69, 9.17) is 16.0 Å². The Kier molecular flexibility index (Phi) is 4.72. The van der Waals surface area contributed by atoms with Crippen LogP contribution in [0.2, 0.25) is 5.02 Å². The molecule has 27 heavy (non-hydrogen) atoms. The van der Waals surface area contributed by atoms with E-state index in [-0.39, 0.29) is 5.75 Å². The van der Waals surface area contributed by atoms with E-state index < -0.39 is 0 Å². The lowest BCUT2D eigenvalue weighted by Crippen LogP contribution is -1.86. The van der Waals surface area contributed by atoms with Gasteiger partial charge in [0, 0.05) is 22.4 Å². The molecule has 0 aliphatic heterocycles. The van der Waals surface area contributed by atoms with Crippen LogP contribution >= 0.6 is 27.5 Å². The number of halogens is 2. The van der Waals surface area contributed by atoms with Crippen molar-refractivity contribution in [3.63, 3.8) is 0 Å². The van der Waals surface area contributed by atoms with Crippen LogP contribution in [-0.4, -0.2) is 16.3 Å². The molecule has 0 saturated carbocycles. The SMILES string of the molecule is Cc1cc(Br)c(O)c(C=Nc2ccc(-c3nc4cc(Cl)ccc4o3)cc2)c1. The molecule has 0 spiro atoms. The Morgan fingerprint density at radius 1 is 1.11 bits per heavy atom. The Bertz CT molecular complexity index is 1170. The Morgan fingerprint density at radius 2 is 1.89 bits per heavy atom. The van der Waals surface area contributed by atoms with Crippen molar-refractivity contribution in [3.05, 3.63) is 75.2 Å². The number of fused-ring (bicyclic) bond motifs is 1. The van der Waals surface area contributed by atoms with Gasteiger partial charge in [0.15, 0.2) is 5.58 Å². The molecule has 0 radical (unpaired) electrons. The molecular formula is C21H14BrClN2O2. The largest absolute Gasteiger partial charge is 0.506 e. The number of benzene rings is 3. The summed E-state index contributed by atoms with van der Waals surface area (Å²) in [6.07, 6.45) is 1.64. The minimum Gasteiger partial charge on any atom is -0.506 e. The van der Waals surface area contributed by atoms with Crippen LogP contribution in [0, 0.1) is 6.92 Å². The lowest BCUT2D eigenvalue weighted by atomic mass is 10.1. The Balaban J connectivity index is 1.60. The minimum atomic E-state index is 0.172. The smallest absolute Gasteiger partial charge is 0.227 e. The summed E-state index contributed by atoms with van der Waals surface area (Å²) in [6.45, 7) is 1.96. The maximum Gasteiger partial charge on any atom is 0.227 e. The molecule has 1 N–H and O–H groups in total. The zero-order valence-corrected chi connectivity index (χ0v) is 16.6. The number of oxazole rings is 1. The number of phenolic OH excluding ortho intramolecular Hbond substituents is 1. The van der Waals surface area contributed by atoms with Crippen LogP contribution in [0.3, 0.4) is 0 Å². The summed E-state index contributed by atoms with van der Waals surface area (Å²) < 4.78 is 6.42. The Morgan fingerprint density at radius 3 is 2.67 bits per heavy atom. The fourth-order valence-corrected chi connectivity index (χ4v) is 3.47. The number of phenols is 1. The molecule has 0 amide bonds. The molecule has 0 aliphatic carbocycles. The van der Waals surface area contributed by atoms with E-state index in [1.165, 1.54) is 0 Å². The summed E-state index contributed by atoms with van der Waals surface area (Å²) in [5.41, 5.74) is 4.71. The molecule has 3 aromatic carbocycles. The second-order valence-electron chi connectivity index (χ2n) is 6.12. The van der Waals surface area contributed by atoms with Crippen molar-refractivity contribution in [1.29, 1.82) is 0 Å². The highest BCUT2D eigenvalue weighted by Crippen LogP contribution is 2.30. The predicted molar refractivity (Wildman–Crippen MR) is 112 cm³/mol. The summed E-state index contributed by atoms with van der Waals surface area (Å²) in [7, 11) is 0. The molecule has 134 valence electrons. The molecule has 0 bridgehead atoms. The van der Waals surface area contributed by atoms with Crippen molar-refractivity contribution in [2.75, 3.05) is 0 Å². The first kappa shape index (κ1) is 17.8. The molecule has 0 atom stereocenters. The summed E-state index contributed by atoms with van der Waals surface area (Å²) in [5.74, 6) is 0.703. The quantitative estimate of drug-likeness (QED) is 0.361. The van der Waals surface area contributed by atoms with Crippen LogP contribution in [0.25, 0.3) is 22.6 Å². The van der Waals surface area contributed by atoms with E-state index >= 15 is 0 Å². The number of aliphatic imine (C=N–C) groups is 1. The zero-order chi connectivity index (χ0) is 19.0. The maximum absolute atomic E-state index is 10.1. The van der Waals surface area contributed by atoms with Gasteiger partial charge in [0.1, 0.15) is 11.3 Å². The number of aryl methyl sites for hydroxylation is 1. The van der Waals surface area contributed by atoms with Gasteiger partial charge < -0.3 is 9.52 Å². The second kappa shape index (κ2) is 7.18. The summed E-state index contributed by atoms with van der Waals surface area (Å²) in [6, 6.07) is 16.6. The third kappa shape index (κ3) is 3.75. The monoisotopic (exact) mass is 440 g/mol. The fraction of sp³-hybridized carbons (Fsp3) is 0.0476. The highest BCUT2D eigenvalue weighted by atomic mass is 79.9. The number of hydrogen-bond acceptors (Lipinski definition) is 4. The highest BCUT2D eigenvalue weighted by molar-refractivity contribution is 9.10. The van der Waals surface area contributed by atoms with Gasteiger partial charge in [-0.1, -0.05) is 11.6 Å². The summed E-state index contributed by atoms with van der Waals surface area (Å²) in [5, 5.41) is 10.7. The second-order valence-corrected chi connectivity index (χ2v) is 7.41. The maximum atomic E-state index is 10.1. The predicted octanol–water partition coefficient (Wildman–Crippen LogP) is 6.68. The first-order valence-corrected chi connectivity index (χ1v) is 9.36. The van der Waals surface area contributed by atoms with Crippen LogP contribution < -0.4 is 0 Å². The van der Waals surface area contributed by atoms with Gasteiger partial charge in [-0.2, -0.15) is 0 Å². The molecule has 4 nitrogen and oxygen atoms in total. The van der Waals surface area contributed by atoms with Gasteiger partial charge >= 0.3 is 0 Å². The third-order valence-corrected chi connectivity index (χ3v) is 4.89. The molecular weight excluding hydrogens is 428 g/mol. The van der Waals surface area contributed by atoms with Crippen molar-refractivity contribution in [3.8, 4) is 17.2 Å². The number of nitrogens with zero attached hydrogens (tertiary/aromatic N) is 2. The van der Waals surface area contributed by atoms with Gasteiger partial charge in [0.05, 0.1) is 10.2 Å². The van der Waals surface area contributed by atoms with Crippen LogP contribution in [0.15, 0.2) is 68.5 Å². The average Bonchev–Trinajstić information content (AvgIpc) is 3.07. The molecule has 4 rings (SSSR count). The molecule has 1 heterocycles. The minimum absolute atomic E-state index is 0.172. The molecule has 1 aromatic heterocycles. The highest BCUT2D eigenvalue weighted by Gasteiger charge is 2.09. The van der Waals surface area contributed by atoms with E-state index in [1.54, 1.807) is 24.4 Å². The molecule has 4 aromatic rings. The summed E-state index contributed by atoms with van der Waals surface area (Å²) >= 11 is 9.33. The van der Waals surface area contributed by atoms with Crippen molar-refractivity contribution >= 4 is 50.5 Å². The van der Waals surface area contributed by atoms with E-state index in [9.17, 15) is 5.11 Å². The van der Waals surface area contributed by atoms with Crippen molar-refractivity contribution in [2.24, 2.45) is 4.99 Å². The fourth-order valence-electron chi connectivity index (χ4n) is 2.72. The van der Waals surface area contributed by atoms with E-state index in [2.05, 4.69) is 25.9 Å². The number of rotatable bonds is 3. The van der Waals surface area contributed by atoms with Gasteiger partial charge in [-0.15, -0.1) is 0 Å². The number of aromatic hydroxyl groups is 1. The van der Waals surface area contributed by atoms with Gasteiger partial charge in [0.25, 0.3) is 0 Å². The molecule has 0 saturated heterocycles. The molecule has 0 fully saturated rings. The van der Waals surface area contributed by atoms with E-state index in [1.807, 2.05) is 43.3 Å². The normalized spacial score (nSPS) is 11.5. The topological polar surface area (TPSA) is 58.6 Å². The number of hydrogen-bond donors (Lipinski definition) is 1. The van der Waals surface area contributed by atoms with Crippen LogP contribution in [0.5, 0.6) is 5.75 Å². The molecule has 6 heteroatoms. The lowest BCUT2D eigenvalue weighted by molar-refractivity contribution is 0.471. The molecule has 0 aliphatic rings.